The Kier molecular flexibility index (Phi) is 5.19. The van der Waals surface area contributed by atoms with Crippen LogP contribution in [0.5, 0.6) is 0 Å². The second kappa shape index (κ2) is 9.49. The van der Waals surface area contributed by atoms with Gasteiger partial charge in [-0.15, -0.1) is 10.2 Å². The zero-order chi connectivity index (χ0) is 29.0. The molecule has 0 saturated heterocycles. The number of para-hydroxylation sites is 2. The van der Waals surface area contributed by atoms with Crippen molar-refractivity contribution in [2.45, 2.75) is 0 Å². The van der Waals surface area contributed by atoms with Crippen LogP contribution in [0.4, 0.5) is 0 Å². The van der Waals surface area contributed by atoms with Gasteiger partial charge in [0.1, 0.15) is 22.6 Å². The molecule has 0 aliphatic heterocycles. The molecule has 0 fully saturated rings. The first-order valence-electron chi connectivity index (χ1n) is 13.9. The summed E-state index contributed by atoms with van der Waals surface area (Å²) in [5.74, 6) is 1.20. The van der Waals surface area contributed by atoms with Crippen molar-refractivity contribution in [3.8, 4) is 11.4 Å². The molecule has 5 aromatic heterocycles. The molecule has 9 aromatic rings. The van der Waals surface area contributed by atoms with Crippen molar-refractivity contribution < 1.29 is 0 Å². The summed E-state index contributed by atoms with van der Waals surface area (Å²) in [6.45, 7) is 0. The summed E-state index contributed by atoms with van der Waals surface area (Å²) in [5.41, 5.74) is 3.87. The Morgan fingerprint density at radius 1 is 0.364 bits per heavy atom. The Balaban J connectivity index is 1.48. The van der Waals surface area contributed by atoms with Crippen LogP contribution in [0.3, 0.4) is 0 Å². The van der Waals surface area contributed by atoms with Crippen molar-refractivity contribution in [1.29, 1.82) is 0 Å². The first-order valence-corrected chi connectivity index (χ1v) is 13.9. The number of H-pyrrole nitrogens is 2. The van der Waals surface area contributed by atoms with Crippen LogP contribution in [0.25, 0.3) is 78.6 Å². The molecule has 0 radical (unpaired) electrons. The standard InChI is InChI=1S/C32H20N12/c1-3-11-19(12-4-1)43-31-37-27-23-17-9-7-15-21(23)26(33-27)36-30-40-32(44(42-30)20-13-5-2-6-14-20)38-28-24-18-10-8-16-22(24)25(34-28)35-29(39-31)41-43/h1-18H,(H2,33,34,35,36,37,38,39,40,41,42). The summed E-state index contributed by atoms with van der Waals surface area (Å²) in [4.78, 5) is 35.8. The maximum Gasteiger partial charge on any atom is 0.272 e. The topological polar surface area (TPSA) is 145 Å². The van der Waals surface area contributed by atoms with E-state index >= 15 is 0 Å². The quantitative estimate of drug-likeness (QED) is 0.269. The number of aromatic nitrogens is 12. The fourth-order valence-electron chi connectivity index (χ4n) is 5.35. The molecule has 0 aliphatic rings. The van der Waals surface area contributed by atoms with E-state index in [1.165, 1.54) is 0 Å². The fourth-order valence-corrected chi connectivity index (χ4v) is 5.35. The Morgan fingerprint density at radius 2 is 0.705 bits per heavy atom. The van der Waals surface area contributed by atoms with E-state index in [0.717, 1.165) is 32.9 Å². The number of nitrogens with one attached hydrogen (secondary N) is 2. The molecule has 8 bridgehead atoms. The molecule has 12 nitrogen and oxygen atoms in total. The van der Waals surface area contributed by atoms with Gasteiger partial charge in [0, 0.05) is 21.5 Å². The van der Waals surface area contributed by atoms with Crippen LogP contribution in [0.1, 0.15) is 0 Å². The van der Waals surface area contributed by atoms with Gasteiger partial charge in [-0.3, -0.25) is 0 Å². The van der Waals surface area contributed by atoms with Gasteiger partial charge < -0.3 is 9.97 Å². The molecular formula is C32H20N12. The van der Waals surface area contributed by atoms with E-state index in [0.29, 0.717) is 34.1 Å². The highest BCUT2D eigenvalue weighted by Crippen LogP contribution is 2.24. The highest BCUT2D eigenvalue weighted by atomic mass is 15.4. The highest BCUT2D eigenvalue weighted by Gasteiger charge is 2.13. The van der Waals surface area contributed by atoms with Gasteiger partial charge >= 0.3 is 0 Å². The van der Waals surface area contributed by atoms with E-state index in [9.17, 15) is 0 Å². The van der Waals surface area contributed by atoms with Gasteiger partial charge in [0.15, 0.2) is 0 Å². The number of benzene rings is 4. The van der Waals surface area contributed by atoms with Gasteiger partial charge in [-0.05, 0) is 24.3 Å². The molecule has 0 amide bonds. The molecule has 9 rings (SSSR count). The van der Waals surface area contributed by atoms with E-state index < -0.39 is 0 Å². The molecule has 0 saturated carbocycles. The first kappa shape index (κ1) is 24.1. The first-order chi connectivity index (χ1) is 21.8. The van der Waals surface area contributed by atoms with Gasteiger partial charge in [0.05, 0.1) is 11.4 Å². The van der Waals surface area contributed by atoms with Crippen molar-refractivity contribution in [3.05, 3.63) is 109 Å². The van der Waals surface area contributed by atoms with E-state index in [1.54, 1.807) is 9.36 Å². The highest BCUT2D eigenvalue weighted by molar-refractivity contribution is 6.05. The van der Waals surface area contributed by atoms with Crippen LogP contribution in [0.2, 0.25) is 0 Å². The largest absolute Gasteiger partial charge is 0.324 e. The van der Waals surface area contributed by atoms with E-state index in [2.05, 4.69) is 9.97 Å². The Bertz CT molecular complexity index is 2430. The van der Waals surface area contributed by atoms with E-state index in [4.69, 9.17) is 40.1 Å². The summed E-state index contributed by atoms with van der Waals surface area (Å²) in [5, 5.41) is 13.0. The minimum Gasteiger partial charge on any atom is -0.324 e. The van der Waals surface area contributed by atoms with Crippen LogP contribution < -0.4 is 0 Å². The van der Waals surface area contributed by atoms with E-state index in [1.807, 2.05) is 109 Å². The summed E-state index contributed by atoms with van der Waals surface area (Å²) in [6, 6.07) is 35.2. The smallest absolute Gasteiger partial charge is 0.272 e. The van der Waals surface area contributed by atoms with Gasteiger partial charge in [-0.1, -0.05) is 84.9 Å². The lowest BCUT2D eigenvalue weighted by Gasteiger charge is -1.98. The molecule has 0 atom stereocenters. The number of fused-ring (bicyclic) bond motifs is 14. The maximum absolute atomic E-state index is 4.94. The third kappa shape index (κ3) is 3.93. The zero-order valence-corrected chi connectivity index (χ0v) is 22.9. The Labute approximate surface area is 247 Å². The molecule has 2 N–H and O–H groups in total. The average molecular weight is 573 g/mol. The normalized spacial score (nSPS) is 11.6. The predicted molar refractivity (Wildman–Crippen MR) is 168 cm³/mol. The Hall–Kier alpha value is -6.56. The zero-order valence-electron chi connectivity index (χ0n) is 22.9. The molecule has 0 unspecified atom stereocenters. The molecule has 0 spiro atoms. The van der Waals surface area contributed by atoms with Crippen molar-refractivity contribution in [3.63, 3.8) is 0 Å². The van der Waals surface area contributed by atoms with Crippen LogP contribution in [-0.4, -0.2) is 59.4 Å². The van der Waals surface area contributed by atoms with Crippen molar-refractivity contribution in [2.24, 2.45) is 0 Å². The lowest BCUT2D eigenvalue weighted by atomic mass is 10.2. The van der Waals surface area contributed by atoms with Crippen LogP contribution in [0, 0.1) is 0 Å². The van der Waals surface area contributed by atoms with Crippen molar-refractivity contribution in [2.75, 3.05) is 0 Å². The van der Waals surface area contributed by atoms with Gasteiger partial charge in [0.2, 0.25) is 0 Å². The predicted octanol–water partition coefficient (Wildman–Crippen LogP) is 5.69. The number of hydrogen-bond acceptors (Lipinski definition) is 8. The fraction of sp³-hybridized carbons (Fsp3) is 0. The SMILES string of the molecule is c1ccc(-n2nc3nc4[nH]c(nc5nc(nc6[nH]c(nc2n3)c2ccccc62)nn5-c2ccccc2)c2ccccc42)cc1. The summed E-state index contributed by atoms with van der Waals surface area (Å²) < 4.78 is 3.35. The second-order valence-corrected chi connectivity index (χ2v) is 10.1. The van der Waals surface area contributed by atoms with Crippen LogP contribution in [-0.2, 0) is 0 Å². The summed E-state index contributed by atoms with van der Waals surface area (Å²) in [7, 11) is 0. The summed E-state index contributed by atoms with van der Waals surface area (Å²) >= 11 is 0. The molecule has 44 heavy (non-hydrogen) atoms. The molecule has 208 valence electrons. The minimum absolute atomic E-state index is 0.244. The lowest BCUT2D eigenvalue weighted by molar-refractivity contribution is 0.905. The average Bonchev–Trinajstić information content (AvgIpc) is 3.83. The van der Waals surface area contributed by atoms with Gasteiger partial charge in [-0.25, -0.2) is 0 Å². The number of aromatic amines is 2. The summed E-state index contributed by atoms with van der Waals surface area (Å²) in [6.07, 6.45) is 0. The molecular weight excluding hydrogens is 552 g/mol. The second-order valence-electron chi connectivity index (χ2n) is 10.1. The number of hydrogen-bond donors (Lipinski definition) is 2. The number of rotatable bonds is 2. The van der Waals surface area contributed by atoms with E-state index in [-0.39, 0.29) is 11.6 Å². The number of nitrogens with zero attached hydrogens (tertiary/aromatic N) is 10. The maximum atomic E-state index is 4.94. The minimum atomic E-state index is 0.244. The van der Waals surface area contributed by atoms with Gasteiger partial charge in [0.25, 0.3) is 23.1 Å². The lowest BCUT2D eigenvalue weighted by Crippen LogP contribution is -1.97. The molecule has 12 heteroatoms. The molecule has 4 aromatic carbocycles. The third-order valence-electron chi connectivity index (χ3n) is 7.35. The molecule has 5 heterocycles. The monoisotopic (exact) mass is 572 g/mol. The third-order valence-corrected chi connectivity index (χ3v) is 7.35. The van der Waals surface area contributed by atoms with Crippen LogP contribution in [0.15, 0.2) is 109 Å². The van der Waals surface area contributed by atoms with Crippen molar-refractivity contribution in [1.82, 2.24) is 59.4 Å². The van der Waals surface area contributed by atoms with Gasteiger partial charge in [-0.2, -0.15) is 39.3 Å². The Morgan fingerprint density at radius 3 is 1.09 bits per heavy atom. The van der Waals surface area contributed by atoms with Crippen LogP contribution >= 0.6 is 0 Å². The van der Waals surface area contributed by atoms with Crippen molar-refractivity contribution >= 4 is 67.2 Å². The molecule has 0 aliphatic carbocycles.